The van der Waals surface area contributed by atoms with Gasteiger partial charge in [-0.1, -0.05) is 11.6 Å². The van der Waals surface area contributed by atoms with Crippen LogP contribution in [0.2, 0.25) is 5.02 Å². The van der Waals surface area contributed by atoms with E-state index in [1.807, 2.05) is 9.80 Å². The topological polar surface area (TPSA) is 52.7 Å². The molecule has 0 unspecified atom stereocenters. The summed E-state index contributed by atoms with van der Waals surface area (Å²) in [6.07, 6.45) is 4.81. The minimum absolute atomic E-state index is 0. The second-order valence-corrected chi connectivity index (χ2v) is 7.70. The van der Waals surface area contributed by atoms with E-state index in [-0.39, 0.29) is 24.2 Å². The van der Waals surface area contributed by atoms with Crippen LogP contribution in [0, 0.1) is 5.92 Å². The van der Waals surface area contributed by atoms with Crippen LogP contribution >= 0.6 is 24.0 Å². The number of nitrogens with zero attached hydrogens (tertiary/aromatic N) is 2. The molecule has 27 heavy (non-hydrogen) atoms. The van der Waals surface area contributed by atoms with E-state index < -0.39 is 0 Å². The summed E-state index contributed by atoms with van der Waals surface area (Å²) in [7, 11) is 0. The zero-order valence-electron chi connectivity index (χ0n) is 15.7. The molecule has 0 spiro atoms. The van der Waals surface area contributed by atoms with E-state index in [1.165, 1.54) is 12.8 Å². The van der Waals surface area contributed by atoms with Gasteiger partial charge in [0, 0.05) is 43.2 Å². The first-order chi connectivity index (χ1) is 12.6. The Labute approximate surface area is 172 Å². The number of carbonyl (C=O) groups is 2. The van der Waals surface area contributed by atoms with Gasteiger partial charge in [0.1, 0.15) is 0 Å². The van der Waals surface area contributed by atoms with Crippen LogP contribution in [-0.2, 0) is 4.79 Å². The van der Waals surface area contributed by atoms with Crippen molar-refractivity contribution in [3.8, 4) is 0 Å². The van der Waals surface area contributed by atoms with Gasteiger partial charge in [0.15, 0.2) is 0 Å². The first-order valence-corrected chi connectivity index (χ1v) is 10.0. The van der Waals surface area contributed by atoms with Crippen molar-refractivity contribution in [1.82, 2.24) is 15.1 Å². The molecule has 1 N–H and O–H groups in total. The summed E-state index contributed by atoms with van der Waals surface area (Å²) in [5.41, 5.74) is 0.653. The van der Waals surface area contributed by atoms with Crippen molar-refractivity contribution in [3.05, 3.63) is 34.9 Å². The van der Waals surface area contributed by atoms with Crippen LogP contribution in [0.1, 0.15) is 42.5 Å². The maximum absolute atomic E-state index is 12.6. The van der Waals surface area contributed by atoms with Crippen LogP contribution in [0.4, 0.5) is 0 Å². The summed E-state index contributed by atoms with van der Waals surface area (Å²) in [4.78, 5) is 29.0. The van der Waals surface area contributed by atoms with Gasteiger partial charge >= 0.3 is 0 Å². The smallest absolute Gasteiger partial charge is 0.253 e. The molecule has 2 saturated heterocycles. The predicted molar refractivity (Wildman–Crippen MR) is 111 cm³/mol. The van der Waals surface area contributed by atoms with Gasteiger partial charge in [-0.25, -0.2) is 0 Å². The molecular weight excluding hydrogens is 385 g/mol. The second kappa shape index (κ2) is 10.9. The van der Waals surface area contributed by atoms with Gasteiger partial charge in [0.2, 0.25) is 5.91 Å². The minimum Gasteiger partial charge on any atom is -0.341 e. The molecule has 2 heterocycles. The lowest BCUT2D eigenvalue weighted by Gasteiger charge is -2.25. The highest BCUT2D eigenvalue weighted by molar-refractivity contribution is 6.30. The van der Waals surface area contributed by atoms with Gasteiger partial charge in [0.25, 0.3) is 5.91 Å². The monoisotopic (exact) mass is 413 g/mol. The Balaban J connectivity index is 0.00000261. The number of nitrogens with one attached hydrogen (secondary N) is 1. The molecule has 0 saturated carbocycles. The molecule has 0 aliphatic carbocycles. The Morgan fingerprint density at radius 3 is 2.33 bits per heavy atom. The summed E-state index contributed by atoms with van der Waals surface area (Å²) < 4.78 is 0. The molecule has 0 bridgehead atoms. The highest BCUT2D eigenvalue weighted by Crippen LogP contribution is 2.19. The number of benzene rings is 1. The van der Waals surface area contributed by atoms with Crippen molar-refractivity contribution >= 4 is 35.8 Å². The zero-order valence-corrected chi connectivity index (χ0v) is 17.2. The summed E-state index contributed by atoms with van der Waals surface area (Å²) in [5.74, 6) is 0.935. The fourth-order valence-electron chi connectivity index (χ4n) is 3.80. The fourth-order valence-corrected chi connectivity index (χ4v) is 3.93. The molecular formula is C20H29Cl2N3O2. The Morgan fingerprint density at radius 2 is 1.63 bits per heavy atom. The largest absolute Gasteiger partial charge is 0.341 e. The first-order valence-electron chi connectivity index (χ1n) is 9.67. The van der Waals surface area contributed by atoms with Crippen LogP contribution in [-0.4, -0.2) is 60.9 Å². The van der Waals surface area contributed by atoms with Crippen molar-refractivity contribution < 1.29 is 9.59 Å². The van der Waals surface area contributed by atoms with Crippen LogP contribution in [0.3, 0.4) is 0 Å². The average molecular weight is 414 g/mol. The summed E-state index contributed by atoms with van der Waals surface area (Å²) in [6.45, 7) is 4.81. The van der Waals surface area contributed by atoms with Gasteiger partial charge in [-0.3, -0.25) is 9.59 Å². The van der Waals surface area contributed by atoms with E-state index >= 15 is 0 Å². The van der Waals surface area contributed by atoms with Crippen LogP contribution in [0.15, 0.2) is 24.3 Å². The van der Waals surface area contributed by atoms with Gasteiger partial charge < -0.3 is 15.1 Å². The van der Waals surface area contributed by atoms with E-state index in [2.05, 4.69) is 5.32 Å². The second-order valence-electron chi connectivity index (χ2n) is 7.27. The normalized spacial score (nSPS) is 18.6. The number of hydrogen-bond donors (Lipinski definition) is 1. The predicted octanol–water partition coefficient (Wildman–Crippen LogP) is 3.22. The van der Waals surface area contributed by atoms with Crippen LogP contribution < -0.4 is 5.32 Å². The lowest BCUT2D eigenvalue weighted by molar-refractivity contribution is -0.131. The summed E-state index contributed by atoms with van der Waals surface area (Å²) in [6, 6.07) is 7.00. The lowest BCUT2D eigenvalue weighted by atomic mass is 9.93. The van der Waals surface area contributed by atoms with E-state index in [9.17, 15) is 9.59 Å². The number of amides is 2. The number of carbonyl (C=O) groups excluding carboxylic acids is 2. The van der Waals surface area contributed by atoms with E-state index in [4.69, 9.17) is 11.6 Å². The standard InChI is InChI=1S/C20H28ClN3O2.ClH/c21-18-5-3-17(4-6-18)20(26)24-13-1-12-23(14-15-24)19(25)7-2-16-8-10-22-11-9-16;/h3-6,16,22H,1-2,7-15H2;1H. The molecule has 7 heteroatoms. The van der Waals surface area contributed by atoms with Gasteiger partial charge in [-0.15, -0.1) is 12.4 Å². The highest BCUT2D eigenvalue weighted by Gasteiger charge is 2.23. The summed E-state index contributed by atoms with van der Waals surface area (Å²) in [5, 5.41) is 3.99. The van der Waals surface area contributed by atoms with Crippen LogP contribution in [0.5, 0.6) is 0 Å². The molecule has 1 aromatic rings. The maximum Gasteiger partial charge on any atom is 0.253 e. The Hall–Kier alpha value is -1.30. The molecule has 3 rings (SSSR count). The van der Waals surface area contributed by atoms with Crippen molar-refractivity contribution in [2.75, 3.05) is 39.3 Å². The molecule has 2 aliphatic rings. The van der Waals surface area contributed by atoms with Gasteiger partial charge in [-0.2, -0.15) is 0 Å². The molecule has 150 valence electrons. The molecule has 0 atom stereocenters. The van der Waals surface area contributed by atoms with Crippen molar-refractivity contribution in [1.29, 1.82) is 0 Å². The molecule has 0 radical (unpaired) electrons. The lowest BCUT2D eigenvalue weighted by Crippen LogP contribution is -2.37. The van der Waals surface area contributed by atoms with Crippen molar-refractivity contribution in [3.63, 3.8) is 0 Å². The number of piperidine rings is 1. The summed E-state index contributed by atoms with van der Waals surface area (Å²) >= 11 is 5.90. The maximum atomic E-state index is 12.6. The third-order valence-corrected chi connectivity index (χ3v) is 5.70. The quantitative estimate of drug-likeness (QED) is 0.823. The van der Waals surface area contributed by atoms with E-state index in [0.717, 1.165) is 32.5 Å². The Bertz CT molecular complexity index is 618. The zero-order chi connectivity index (χ0) is 18.4. The first kappa shape index (κ1) is 22.0. The SMILES string of the molecule is Cl.O=C(CCC1CCNCC1)N1CCCN(C(=O)c2ccc(Cl)cc2)CC1. The molecule has 1 aromatic carbocycles. The molecule has 2 amide bonds. The molecule has 2 fully saturated rings. The molecule has 5 nitrogen and oxygen atoms in total. The average Bonchev–Trinajstić information content (AvgIpc) is 2.93. The van der Waals surface area contributed by atoms with E-state index in [1.54, 1.807) is 24.3 Å². The highest BCUT2D eigenvalue weighted by atomic mass is 35.5. The third-order valence-electron chi connectivity index (χ3n) is 5.45. The number of rotatable bonds is 4. The Kier molecular flexibility index (Phi) is 8.87. The Morgan fingerprint density at radius 1 is 1.00 bits per heavy atom. The van der Waals surface area contributed by atoms with Crippen molar-refractivity contribution in [2.24, 2.45) is 5.92 Å². The fraction of sp³-hybridized carbons (Fsp3) is 0.600. The van der Waals surface area contributed by atoms with Gasteiger partial charge in [0.05, 0.1) is 0 Å². The number of hydrogen-bond acceptors (Lipinski definition) is 3. The van der Waals surface area contributed by atoms with Crippen molar-refractivity contribution in [2.45, 2.75) is 32.1 Å². The number of halogens is 2. The third kappa shape index (κ3) is 6.37. The van der Waals surface area contributed by atoms with Gasteiger partial charge in [-0.05, 0) is 69.0 Å². The van der Waals surface area contributed by atoms with Crippen LogP contribution in [0.25, 0.3) is 0 Å². The minimum atomic E-state index is 0. The molecule has 2 aliphatic heterocycles. The van der Waals surface area contributed by atoms with E-state index in [0.29, 0.717) is 42.6 Å². The molecule has 0 aromatic heterocycles.